The summed E-state index contributed by atoms with van der Waals surface area (Å²) >= 11 is 0. The summed E-state index contributed by atoms with van der Waals surface area (Å²) in [6.07, 6.45) is 2.70. The summed E-state index contributed by atoms with van der Waals surface area (Å²) in [6, 6.07) is 19.9. The molecule has 0 atom stereocenters. The van der Waals surface area contributed by atoms with Gasteiger partial charge in [0.15, 0.2) is 11.5 Å². The van der Waals surface area contributed by atoms with Crippen LogP contribution in [0.15, 0.2) is 72.9 Å². The Balaban J connectivity index is 1.32. The minimum absolute atomic E-state index is 0.288. The van der Waals surface area contributed by atoms with Crippen molar-refractivity contribution in [3.63, 3.8) is 0 Å². The third-order valence-corrected chi connectivity index (χ3v) is 6.51. The highest BCUT2D eigenvalue weighted by Gasteiger charge is 2.56. The summed E-state index contributed by atoms with van der Waals surface area (Å²) in [5.74, 6) is 1.80. The van der Waals surface area contributed by atoms with Crippen molar-refractivity contribution >= 4 is 34.1 Å². The molecule has 1 aromatic heterocycles. The molecule has 0 aliphatic heterocycles. The van der Waals surface area contributed by atoms with E-state index >= 15 is 0 Å². The van der Waals surface area contributed by atoms with Crippen LogP contribution < -0.4 is 24.8 Å². The quantitative estimate of drug-likeness (QED) is 0.303. The van der Waals surface area contributed by atoms with Gasteiger partial charge in [-0.25, -0.2) is 0 Å². The molecule has 1 aliphatic carbocycles. The molecule has 4 aromatic rings. The average molecular weight is 498 g/mol. The molecule has 3 aromatic carbocycles. The van der Waals surface area contributed by atoms with Gasteiger partial charge in [-0.05, 0) is 67.8 Å². The number of nitrogens with zero attached hydrogens (tertiary/aromatic N) is 1. The Bertz CT molecular complexity index is 1480. The zero-order chi connectivity index (χ0) is 26.0. The molecule has 188 valence electrons. The summed E-state index contributed by atoms with van der Waals surface area (Å²) in [6.45, 7) is 1.90. The van der Waals surface area contributed by atoms with Gasteiger partial charge >= 0.3 is 0 Å². The topological polar surface area (TPSA) is 98.8 Å². The number of carbonyl (C=O) groups is 2. The van der Waals surface area contributed by atoms with Gasteiger partial charge in [0.2, 0.25) is 11.8 Å². The number of rotatable bonds is 8. The zero-order valence-electron chi connectivity index (χ0n) is 20.8. The second-order valence-corrected chi connectivity index (χ2v) is 8.97. The second kappa shape index (κ2) is 9.81. The minimum atomic E-state index is -1.05. The number of carbonyl (C=O) groups excluding carboxylic acids is 2. The van der Waals surface area contributed by atoms with Crippen LogP contribution in [0.5, 0.6) is 23.0 Å². The van der Waals surface area contributed by atoms with Crippen LogP contribution in [0, 0.1) is 12.3 Å². The maximum Gasteiger partial charge on any atom is 0.240 e. The molecule has 0 bridgehead atoms. The number of methoxy groups -OCH3 is 2. The molecule has 2 amide bonds. The van der Waals surface area contributed by atoms with Crippen molar-refractivity contribution in [2.75, 3.05) is 24.9 Å². The highest BCUT2D eigenvalue weighted by atomic mass is 16.5. The number of para-hydroxylation sites is 1. The van der Waals surface area contributed by atoms with Gasteiger partial charge in [-0.1, -0.05) is 18.2 Å². The first kappa shape index (κ1) is 24.1. The van der Waals surface area contributed by atoms with Crippen LogP contribution in [0.3, 0.4) is 0 Å². The molecular weight excluding hydrogens is 470 g/mol. The fourth-order valence-corrected chi connectivity index (χ4v) is 4.20. The van der Waals surface area contributed by atoms with Gasteiger partial charge in [0.05, 0.1) is 19.7 Å². The number of hydrogen-bond donors (Lipinski definition) is 2. The second-order valence-electron chi connectivity index (χ2n) is 8.97. The number of aryl methyl sites for hydroxylation is 1. The smallest absolute Gasteiger partial charge is 0.240 e. The molecule has 0 saturated heterocycles. The van der Waals surface area contributed by atoms with Crippen molar-refractivity contribution in [3.05, 3.63) is 78.5 Å². The fourth-order valence-electron chi connectivity index (χ4n) is 4.20. The summed E-state index contributed by atoms with van der Waals surface area (Å²) in [4.78, 5) is 30.3. The van der Waals surface area contributed by atoms with Crippen LogP contribution >= 0.6 is 0 Å². The van der Waals surface area contributed by atoms with E-state index in [9.17, 15) is 9.59 Å². The highest BCUT2D eigenvalue weighted by molar-refractivity contribution is 6.16. The van der Waals surface area contributed by atoms with Crippen LogP contribution in [-0.2, 0) is 9.59 Å². The summed E-state index contributed by atoms with van der Waals surface area (Å²) in [7, 11) is 3.16. The number of pyridine rings is 1. The van der Waals surface area contributed by atoms with Gasteiger partial charge in [0, 0.05) is 29.0 Å². The zero-order valence-corrected chi connectivity index (χ0v) is 20.8. The van der Waals surface area contributed by atoms with Gasteiger partial charge in [0.25, 0.3) is 0 Å². The van der Waals surface area contributed by atoms with E-state index in [2.05, 4.69) is 15.6 Å². The van der Waals surface area contributed by atoms with Crippen LogP contribution in [-0.4, -0.2) is 31.0 Å². The lowest BCUT2D eigenvalue weighted by atomic mass is 10.0. The third kappa shape index (κ3) is 4.78. The molecule has 37 heavy (non-hydrogen) atoms. The molecule has 8 nitrogen and oxygen atoms in total. The minimum Gasteiger partial charge on any atom is -0.493 e. The molecule has 1 saturated carbocycles. The molecule has 0 radical (unpaired) electrons. The molecule has 1 heterocycles. The van der Waals surface area contributed by atoms with E-state index in [0.29, 0.717) is 52.7 Å². The Morgan fingerprint density at radius 1 is 0.784 bits per heavy atom. The molecule has 1 fully saturated rings. The number of fused-ring (bicyclic) bond motifs is 1. The van der Waals surface area contributed by atoms with Crippen LogP contribution in [0.2, 0.25) is 0 Å². The monoisotopic (exact) mass is 497 g/mol. The normalized spacial score (nSPS) is 13.5. The number of nitrogens with one attached hydrogen (secondary N) is 2. The average Bonchev–Trinajstić information content (AvgIpc) is 3.72. The first-order chi connectivity index (χ1) is 17.9. The molecule has 1 aliphatic rings. The van der Waals surface area contributed by atoms with E-state index in [1.54, 1.807) is 56.8 Å². The molecule has 2 N–H and O–H groups in total. The standard InChI is InChI=1S/C29H27N3O5/c1-18-15-20(32-28(34)29(12-13-29)27(33)31-19-7-5-4-6-8-19)9-10-23(18)37-24-11-14-30-22-17-26(36-3)25(35-2)16-21(22)24/h4-11,14-17H,12-13H2,1-3H3,(H,31,33)(H,32,34). The maximum atomic E-state index is 13.0. The van der Waals surface area contributed by atoms with Crippen LogP contribution in [0.25, 0.3) is 10.9 Å². The summed E-state index contributed by atoms with van der Waals surface area (Å²) < 4.78 is 17.0. The molecule has 0 spiro atoms. The Labute approximate surface area is 214 Å². The lowest BCUT2D eigenvalue weighted by molar-refractivity contribution is -0.131. The Kier molecular flexibility index (Phi) is 6.40. The van der Waals surface area contributed by atoms with Gasteiger partial charge < -0.3 is 24.8 Å². The van der Waals surface area contributed by atoms with Gasteiger partial charge in [-0.3, -0.25) is 14.6 Å². The Morgan fingerprint density at radius 3 is 2.11 bits per heavy atom. The number of amides is 2. The van der Waals surface area contributed by atoms with E-state index in [1.807, 2.05) is 37.3 Å². The van der Waals surface area contributed by atoms with Crippen molar-refractivity contribution < 1.29 is 23.8 Å². The van der Waals surface area contributed by atoms with Crippen LogP contribution in [0.4, 0.5) is 11.4 Å². The first-order valence-electron chi connectivity index (χ1n) is 11.9. The van der Waals surface area contributed by atoms with E-state index in [1.165, 1.54) is 0 Å². The van der Waals surface area contributed by atoms with Crippen molar-refractivity contribution in [1.82, 2.24) is 4.98 Å². The van der Waals surface area contributed by atoms with Crippen molar-refractivity contribution in [2.45, 2.75) is 19.8 Å². The predicted octanol–water partition coefficient (Wildman–Crippen LogP) is 5.71. The van der Waals surface area contributed by atoms with Gasteiger partial charge in [-0.15, -0.1) is 0 Å². The van der Waals surface area contributed by atoms with Crippen molar-refractivity contribution in [2.24, 2.45) is 5.41 Å². The molecule has 5 rings (SSSR count). The molecule has 8 heteroatoms. The maximum absolute atomic E-state index is 13.0. The number of ether oxygens (including phenoxy) is 3. The lowest BCUT2D eigenvalue weighted by Gasteiger charge is -2.17. The number of aromatic nitrogens is 1. The predicted molar refractivity (Wildman–Crippen MR) is 141 cm³/mol. The van der Waals surface area contributed by atoms with Gasteiger partial charge in [0.1, 0.15) is 16.9 Å². The van der Waals surface area contributed by atoms with E-state index in [0.717, 1.165) is 10.9 Å². The highest BCUT2D eigenvalue weighted by Crippen LogP contribution is 2.47. The molecular formula is C29H27N3O5. The van der Waals surface area contributed by atoms with E-state index < -0.39 is 5.41 Å². The SMILES string of the molecule is COc1cc2nccc(Oc3ccc(NC(=O)C4(C(=O)Nc5ccccc5)CC4)cc3C)c2cc1OC. The fraction of sp³-hybridized carbons (Fsp3) is 0.207. The summed E-state index contributed by atoms with van der Waals surface area (Å²) in [5, 5.41) is 6.53. The lowest BCUT2D eigenvalue weighted by Crippen LogP contribution is -2.35. The summed E-state index contributed by atoms with van der Waals surface area (Å²) in [5.41, 5.74) is 1.75. The number of anilines is 2. The third-order valence-electron chi connectivity index (χ3n) is 6.51. The first-order valence-corrected chi connectivity index (χ1v) is 11.9. The Hall–Kier alpha value is -4.59. The molecule has 0 unspecified atom stereocenters. The van der Waals surface area contributed by atoms with E-state index in [4.69, 9.17) is 14.2 Å². The number of hydrogen-bond acceptors (Lipinski definition) is 6. The Morgan fingerprint density at radius 2 is 1.46 bits per heavy atom. The van der Waals surface area contributed by atoms with Crippen molar-refractivity contribution in [1.29, 1.82) is 0 Å². The van der Waals surface area contributed by atoms with Crippen molar-refractivity contribution in [3.8, 4) is 23.0 Å². The largest absolute Gasteiger partial charge is 0.493 e. The van der Waals surface area contributed by atoms with Crippen LogP contribution in [0.1, 0.15) is 18.4 Å². The number of benzene rings is 3. The van der Waals surface area contributed by atoms with Gasteiger partial charge in [-0.2, -0.15) is 0 Å². The van der Waals surface area contributed by atoms with E-state index in [-0.39, 0.29) is 11.8 Å².